The molecular weight excluding hydrogens is 344 g/mol. The van der Waals surface area contributed by atoms with Crippen molar-refractivity contribution < 1.29 is 14.3 Å². The van der Waals surface area contributed by atoms with Gasteiger partial charge in [0.05, 0.1) is 21.6 Å². The molecule has 2 aromatic heterocycles. The Bertz CT molecular complexity index is 648. The third kappa shape index (κ3) is 3.10. The van der Waals surface area contributed by atoms with E-state index in [1.54, 1.807) is 31.5 Å². The molecule has 2 rings (SSSR count). The quantitative estimate of drug-likeness (QED) is 0.822. The van der Waals surface area contributed by atoms with Crippen LogP contribution in [0.15, 0.2) is 21.4 Å². The Morgan fingerprint density at radius 3 is 2.85 bits per heavy atom. The average Bonchev–Trinajstić information content (AvgIpc) is 2.96. The molecule has 0 fully saturated rings. The average molecular weight is 357 g/mol. The predicted molar refractivity (Wildman–Crippen MR) is 81.5 cm³/mol. The molecule has 106 valence electrons. The zero-order chi connectivity index (χ0) is 14.7. The van der Waals surface area contributed by atoms with Gasteiger partial charge in [-0.05, 0) is 35.8 Å². The van der Waals surface area contributed by atoms with Gasteiger partial charge >= 0.3 is 5.97 Å². The van der Waals surface area contributed by atoms with Gasteiger partial charge in [0.15, 0.2) is 0 Å². The lowest BCUT2D eigenvalue weighted by Gasteiger charge is -2.06. The molecule has 0 aliphatic heterocycles. The van der Waals surface area contributed by atoms with Crippen molar-refractivity contribution >= 4 is 44.8 Å². The zero-order valence-electron chi connectivity index (χ0n) is 11.0. The van der Waals surface area contributed by atoms with E-state index >= 15 is 0 Å². The first-order chi connectivity index (χ1) is 9.52. The Labute approximate surface area is 128 Å². The van der Waals surface area contributed by atoms with Gasteiger partial charge in [-0.1, -0.05) is 0 Å². The lowest BCUT2D eigenvalue weighted by Crippen LogP contribution is -2.14. The molecule has 0 saturated carbocycles. The number of hydrogen-bond donors (Lipinski definition) is 2. The number of carbonyl (C=O) groups is 2. The van der Waals surface area contributed by atoms with Crippen LogP contribution in [0.2, 0.25) is 0 Å². The topological polar surface area (TPSA) is 71.2 Å². The Hall–Kier alpha value is -1.60. The minimum absolute atomic E-state index is 0.267. The first-order valence-electron chi connectivity index (χ1n) is 5.93. The molecule has 0 aliphatic rings. The molecule has 0 radical (unpaired) electrons. The number of aryl methyl sites for hydroxylation is 1. The number of aromatic nitrogens is 1. The number of esters is 1. The fraction of sp³-hybridized carbons (Fsp3) is 0.231. The first-order valence-corrected chi connectivity index (χ1v) is 7.60. The van der Waals surface area contributed by atoms with Gasteiger partial charge in [-0.15, -0.1) is 11.3 Å². The summed E-state index contributed by atoms with van der Waals surface area (Å²) in [7, 11) is 0. The van der Waals surface area contributed by atoms with Crippen LogP contribution in [0.5, 0.6) is 0 Å². The molecule has 1 amide bonds. The van der Waals surface area contributed by atoms with Gasteiger partial charge in [-0.2, -0.15) is 0 Å². The van der Waals surface area contributed by atoms with Crippen molar-refractivity contribution in [3.8, 4) is 0 Å². The largest absolute Gasteiger partial charge is 0.462 e. The van der Waals surface area contributed by atoms with Crippen LogP contribution in [0.4, 0.5) is 5.69 Å². The van der Waals surface area contributed by atoms with E-state index in [2.05, 4.69) is 26.2 Å². The number of anilines is 1. The highest BCUT2D eigenvalue weighted by atomic mass is 79.9. The summed E-state index contributed by atoms with van der Waals surface area (Å²) in [5, 5.41) is 4.45. The van der Waals surface area contributed by atoms with Crippen LogP contribution in [0.25, 0.3) is 0 Å². The number of aromatic amines is 1. The standard InChI is InChI=1S/C13H13BrN2O3S/c1-3-19-13(18)11-7(2)15-5-9(11)16-12(17)8-4-10(14)20-6-8/h4-6,15H,3H2,1-2H3,(H,16,17). The molecule has 0 saturated heterocycles. The van der Waals surface area contributed by atoms with Crippen LogP contribution in [-0.4, -0.2) is 23.5 Å². The summed E-state index contributed by atoms with van der Waals surface area (Å²) in [4.78, 5) is 26.9. The van der Waals surface area contributed by atoms with Crippen molar-refractivity contribution in [2.24, 2.45) is 0 Å². The molecule has 2 heterocycles. The highest BCUT2D eigenvalue weighted by Gasteiger charge is 2.19. The smallest absolute Gasteiger partial charge is 0.342 e. The third-order valence-electron chi connectivity index (χ3n) is 2.63. The van der Waals surface area contributed by atoms with Gasteiger partial charge in [-0.25, -0.2) is 4.79 Å². The maximum Gasteiger partial charge on any atom is 0.342 e. The van der Waals surface area contributed by atoms with Gasteiger partial charge in [0, 0.05) is 17.3 Å². The maximum atomic E-state index is 12.1. The number of nitrogens with one attached hydrogen (secondary N) is 2. The number of halogens is 1. The van der Waals surface area contributed by atoms with Gasteiger partial charge in [0.1, 0.15) is 5.56 Å². The van der Waals surface area contributed by atoms with Crippen molar-refractivity contribution in [1.29, 1.82) is 0 Å². The van der Waals surface area contributed by atoms with Crippen molar-refractivity contribution in [2.45, 2.75) is 13.8 Å². The minimum atomic E-state index is -0.451. The lowest BCUT2D eigenvalue weighted by molar-refractivity contribution is 0.0527. The molecule has 5 nitrogen and oxygen atoms in total. The van der Waals surface area contributed by atoms with E-state index < -0.39 is 5.97 Å². The highest BCUT2D eigenvalue weighted by molar-refractivity contribution is 9.11. The summed E-state index contributed by atoms with van der Waals surface area (Å²) in [5.74, 6) is -0.718. The van der Waals surface area contributed by atoms with Gasteiger partial charge in [-0.3, -0.25) is 4.79 Å². The van der Waals surface area contributed by atoms with Crippen LogP contribution in [0.3, 0.4) is 0 Å². The molecule has 0 aromatic carbocycles. The zero-order valence-corrected chi connectivity index (χ0v) is 13.4. The van der Waals surface area contributed by atoms with E-state index in [0.29, 0.717) is 22.5 Å². The molecule has 0 aliphatic carbocycles. The molecule has 0 spiro atoms. The van der Waals surface area contributed by atoms with Crippen LogP contribution in [0.1, 0.15) is 33.3 Å². The SMILES string of the molecule is CCOC(=O)c1c(NC(=O)c2csc(Br)c2)c[nH]c1C. The fourth-order valence-corrected chi connectivity index (χ4v) is 2.85. The fourth-order valence-electron chi connectivity index (χ4n) is 1.72. The Kier molecular flexibility index (Phi) is 4.61. The Balaban J connectivity index is 2.22. The van der Waals surface area contributed by atoms with Gasteiger partial charge in [0.25, 0.3) is 5.91 Å². The lowest BCUT2D eigenvalue weighted by atomic mass is 10.2. The summed E-state index contributed by atoms with van der Waals surface area (Å²) in [6, 6.07) is 1.73. The predicted octanol–water partition coefficient (Wildman–Crippen LogP) is 3.58. The number of rotatable bonds is 4. The minimum Gasteiger partial charge on any atom is -0.462 e. The second-order valence-electron chi connectivity index (χ2n) is 4.02. The van der Waals surface area contributed by atoms with E-state index in [9.17, 15) is 9.59 Å². The highest BCUT2D eigenvalue weighted by Crippen LogP contribution is 2.24. The Morgan fingerprint density at radius 1 is 1.50 bits per heavy atom. The number of carbonyl (C=O) groups excluding carboxylic acids is 2. The van der Waals surface area contributed by atoms with Crippen LogP contribution < -0.4 is 5.32 Å². The van der Waals surface area contributed by atoms with Crippen molar-refractivity contribution in [3.05, 3.63) is 38.3 Å². The number of ether oxygens (including phenoxy) is 1. The summed E-state index contributed by atoms with van der Waals surface area (Å²) >= 11 is 4.73. The molecular formula is C13H13BrN2O3S. The molecule has 0 atom stereocenters. The van der Waals surface area contributed by atoms with Crippen molar-refractivity contribution in [1.82, 2.24) is 4.98 Å². The monoisotopic (exact) mass is 356 g/mol. The summed E-state index contributed by atoms with van der Waals surface area (Å²) in [6.45, 7) is 3.78. The molecule has 2 N–H and O–H groups in total. The molecule has 7 heteroatoms. The Morgan fingerprint density at radius 2 is 2.25 bits per heavy atom. The normalized spacial score (nSPS) is 10.3. The second-order valence-corrected chi connectivity index (χ2v) is 6.31. The number of thiophene rings is 1. The van der Waals surface area contributed by atoms with E-state index in [-0.39, 0.29) is 12.5 Å². The van der Waals surface area contributed by atoms with E-state index in [4.69, 9.17) is 4.74 Å². The number of H-pyrrole nitrogens is 1. The maximum absolute atomic E-state index is 12.1. The molecule has 20 heavy (non-hydrogen) atoms. The van der Waals surface area contributed by atoms with E-state index in [1.165, 1.54) is 11.3 Å². The first kappa shape index (κ1) is 14.8. The number of amides is 1. The van der Waals surface area contributed by atoms with Crippen LogP contribution in [0, 0.1) is 6.92 Å². The second kappa shape index (κ2) is 6.23. The van der Waals surface area contributed by atoms with Crippen LogP contribution in [-0.2, 0) is 4.74 Å². The van der Waals surface area contributed by atoms with E-state index in [0.717, 1.165) is 3.79 Å². The van der Waals surface area contributed by atoms with Gasteiger partial charge in [0.2, 0.25) is 0 Å². The third-order valence-corrected chi connectivity index (χ3v) is 4.14. The van der Waals surface area contributed by atoms with E-state index in [1.807, 2.05) is 0 Å². The van der Waals surface area contributed by atoms with Gasteiger partial charge < -0.3 is 15.0 Å². The molecule has 0 unspecified atom stereocenters. The van der Waals surface area contributed by atoms with Crippen LogP contribution >= 0.6 is 27.3 Å². The molecule has 0 bridgehead atoms. The van der Waals surface area contributed by atoms with Crippen molar-refractivity contribution in [2.75, 3.05) is 11.9 Å². The van der Waals surface area contributed by atoms with Crippen molar-refractivity contribution in [3.63, 3.8) is 0 Å². The summed E-state index contributed by atoms with van der Waals surface area (Å²) in [6.07, 6.45) is 1.58. The number of hydrogen-bond acceptors (Lipinski definition) is 4. The summed E-state index contributed by atoms with van der Waals surface area (Å²) in [5.41, 5.74) is 1.98. The molecule has 2 aromatic rings. The summed E-state index contributed by atoms with van der Waals surface area (Å²) < 4.78 is 5.86.